The van der Waals surface area contributed by atoms with Gasteiger partial charge in [0.2, 0.25) is 0 Å². The summed E-state index contributed by atoms with van der Waals surface area (Å²) >= 11 is 0. The molecule has 0 radical (unpaired) electrons. The average molecular weight is 1120 g/mol. The molecule has 0 fully saturated rings. The van der Waals surface area contributed by atoms with E-state index in [1.54, 1.807) is 0 Å². The first-order chi connectivity index (χ1) is 40.0. The highest BCUT2D eigenvalue weighted by molar-refractivity contribution is 5.71. The van der Waals surface area contributed by atoms with Gasteiger partial charge in [0.15, 0.2) is 6.10 Å². The number of hydrogen-bond donors (Lipinski definition) is 0. The predicted molar refractivity (Wildman–Crippen MR) is 352 cm³/mol. The van der Waals surface area contributed by atoms with Crippen LogP contribution in [0.2, 0.25) is 0 Å². The van der Waals surface area contributed by atoms with E-state index in [-0.39, 0.29) is 37.5 Å². The third kappa shape index (κ3) is 65.7. The Hall–Kier alpha value is -4.97. The van der Waals surface area contributed by atoms with Crippen molar-refractivity contribution in [3.05, 3.63) is 158 Å². The van der Waals surface area contributed by atoms with Gasteiger partial charge in [-0.25, -0.2) is 0 Å². The highest BCUT2D eigenvalue weighted by atomic mass is 16.6. The van der Waals surface area contributed by atoms with Crippen molar-refractivity contribution in [3.63, 3.8) is 0 Å². The SMILES string of the molecule is CC/C=C\C/C=C\C/C=C\C/C=C\C/C=C\C/C=C\CCCCCCCCCCCCCCC(=O)OCC(COC(=O)CCCCCCC/C=C\CCCC)OC(=O)CCCC/C=C\C/C=C\C/C=C\C/C=C\C/C=C\C/C=C\CC. The largest absolute Gasteiger partial charge is 0.462 e. The Bertz CT molecular complexity index is 1810. The van der Waals surface area contributed by atoms with Crippen LogP contribution < -0.4 is 0 Å². The molecule has 6 nitrogen and oxygen atoms in total. The molecule has 0 aliphatic rings. The molecule has 0 N–H and O–H groups in total. The number of unbranched alkanes of at least 4 members (excludes halogenated alkanes) is 21. The zero-order valence-electron chi connectivity index (χ0n) is 52.2. The first-order valence-electron chi connectivity index (χ1n) is 33.0. The van der Waals surface area contributed by atoms with Crippen molar-refractivity contribution >= 4 is 17.9 Å². The normalized spacial score (nSPS) is 13.2. The summed E-state index contributed by atoms with van der Waals surface area (Å²) in [6.07, 6.45) is 98.3. The van der Waals surface area contributed by atoms with E-state index in [1.165, 1.54) is 89.9 Å². The summed E-state index contributed by atoms with van der Waals surface area (Å²) in [6.45, 7) is 6.33. The van der Waals surface area contributed by atoms with Crippen LogP contribution in [0.3, 0.4) is 0 Å². The van der Waals surface area contributed by atoms with Crippen LogP contribution in [-0.2, 0) is 28.6 Å². The second kappa shape index (κ2) is 67.5. The summed E-state index contributed by atoms with van der Waals surface area (Å²) < 4.78 is 16.9. The maximum absolute atomic E-state index is 12.9. The summed E-state index contributed by atoms with van der Waals surface area (Å²) in [6, 6.07) is 0. The van der Waals surface area contributed by atoms with Crippen LogP contribution in [0.1, 0.15) is 278 Å². The Kier molecular flexibility index (Phi) is 63.4. The van der Waals surface area contributed by atoms with E-state index in [9.17, 15) is 14.4 Å². The summed E-state index contributed by atoms with van der Waals surface area (Å²) in [5.74, 6) is -0.962. The zero-order valence-corrected chi connectivity index (χ0v) is 52.2. The average Bonchev–Trinajstić information content (AvgIpc) is 3.47. The summed E-state index contributed by atoms with van der Waals surface area (Å²) in [4.78, 5) is 38.3. The minimum atomic E-state index is -0.813. The van der Waals surface area contributed by atoms with Crippen LogP contribution in [0.25, 0.3) is 0 Å². The molecule has 1 unspecified atom stereocenters. The van der Waals surface area contributed by atoms with Crippen molar-refractivity contribution in [3.8, 4) is 0 Å². The number of ether oxygens (including phenoxy) is 3. The zero-order chi connectivity index (χ0) is 58.5. The molecule has 0 heterocycles. The van der Waals surface area contributed by atoms with Crippen molar-refractivity contribution in [1.82, 2.24) is 0 Å². The Labute approximate surface area is 499 Å². The molecule has 0 spiro atoms. The molecule has 0 aromatic heterocycles. The molecule has 0 rings (SSSR count). The molecule has 0 saturated carbocycles. The summed E-state index contributed by atoms with van der Waals surface area (Å²) in [5.41, 5.74) is 0. The van der Waals surface area contributed by atoms with Crippen molar-refractivity contribution in [2.75, 3.05) is 13.2 Å². The summed E-state index contributed by atoms with van der Waals surface area (Å²) in [7, 11) is 0. The fraction of sp³-hybridized carbons (Fsp3) is 0.613. The molecule has 0 aliphatic heterocycles. The lowest BCUT2D eigenvalue weighted by molar-refractivity contribution is -0.167. The lowest BCUT2D eigenvalue weighted by Gasteiger charge is -2.18. The van der Waals surface area contributed by atoms with Gasteiger partial charge in [-0.2, -0.15) is 0 Å². The van der Waals surface area contributed by atoms with Gasteiger partial charge in [-0.05, 0) is 141 Å². The Morgan fingerprint density at radius 3 is 0.790 bits per heavy atom. The number of rotatable bonds is 58. The van der Waals surface area contributed by atoms with Crippen LogP contribution in [0.15, 0.2) is 158 Å². The van der Waals surface area contributed by atoms with Crippen LogP contribution >= 0.6 is 0 Å². The molecule has 0 bridgehead atoms. The molecule has 81 heavy (non-hydrogen) atoms. The quantitative estimate of drug-likeness (QED) is 0.0261. The molecular weight excluding hydrogens is 997 g/mol. The Morgan fingerprint density at radius 2 is 0.481 bits per heavy atom. The number of carbonyl (C=O) groups is 3. The predicted octanol–water partition coefficient (Wildman–Crippen LogP) is 22.9. The van der Waals surface area contributed by atoms with E-state index in [2.05, 4.69) is 179 Å². The molecule has 1 atom stereocenters. The van der Waals surface area contributed by atoms with Gasteiger partial charge in [-0.1, -0.05) is 275 Å². The monoisotopic (exact) mass is 1120 g/mol. The summed E-state index contributed by atoms with van der Waals surface area (Å²) in [5, 5.41) is 0. The first kappa shape index (κ1) is 76.0. The molecule has 0 aromatic rings. The molecule has 6 heteroatoms. The number of hydrogen-bond acceptors (Lipinski definition) is 6. The van der Waals surface area contributed by atoms with Crippen molar-refractivity contribution in [2.45, 2.75) is 284 Å². The van der Waals surface area contributed by atoms with Crippen LogP contribution in [0.4, 0.5) is 0 Å². The number of esters is 3. The van der Waals surface area contributed by atoms with Gasteiger partial charge in [-0.3, -0.25) is 14.4 Å². The molecule has 0 saturated heterocycles. The molecule has 0 amide bonds. The standard InChI is InChI=1S/C75H120O6/c1-4-7-10-13-16-19-22-24-26-28-30-32-33-34-35-36-37-38-39-40-41-43-44-46-48-50-53-56-59-62-65-68-74(77)80-71-72(70-79-73(76)67-64-61-58-55-52-21-18-15-12-9-6-3)81-75(78)69-66-63-60-57-54-51-49-47-45-42-31-29-27-25-23-20-17-14-11-8-5-2/h7-8,10-11,15-20,24-27,30-32,34-35,37-38,42,47,49,54,57,72H,4-6,9,12-14,21-23,28-29,33,36,39-41,43-46,48,50-53,55-56,58-71H2,1-3H3/b10-7-,11-8-,18-15-,19-16-,20-17-,26-24-,27-25-,32-30-,35-34-,38-37-,42-31-,49-47-,57-54-. The van der Waals surface area contributed by atoms with Crippen molar-refractivity contribution < 1.29 is 28.6 Å². The van der Waals surface area contributed by atoms with Gasteiger partial charge in [0.1, 0.15) is 13.2 Å². The van der Waals surface area contributed by atoms with E-state index < -0.39 is 6.10 Å². The molecular formula is C75H120O6. The van der Waals surface area contributed by atoms with Gasteiger partial charge in [0.05, 0.1) is 0 Å². The minimum Gasteiger partial charge on any atom is -0.462 e. The Balaban J connectivity index is 4.32. The Morgan fingerprint density at radius 1 is 0.259 bits per heavy atom. The first-order valence-corrected chi connectivity index (χ1v) is 33.0. The van der Waals surface area contributed by atoms with Crippen LogP contribution in [0.5, 0.6) is 0 Å². The highest BCUT2D eigenvalue weighted by Gasteiger charge is 2.19. The van der Waals surface area contributed by atoms with E-state index in [0.717, 1.165) is 141 Å². The van der Waals surface area contributed by atoms with Crippen molar-refractivity contribution in [1.29, 1.82) is 0 Å². The lowest BCUT2D eigenvalue weighted by Crippen LogP contribution is -2.30. The van der Waals surface area contributed by atoms with Gasteiger partial charge in [-0.15, -0.1) is 0 Å². The smallest absolute Gasteiger partial charge is 0.306 e. The lowest BCUT2D eigenvalue weighted by atomic mass is 10.0. The molecule has 456 valence electrons. The number of allylic oxidation sites excluding steroid dienone is 26. The van der Waals surface area contributed by atoms with E-state index in [1.807, 2.05) is 0 Å². The minimum absolute atomic E-state index is 0.104. The van der Waals surface area contributed by atoms with Gasteiger partial charge in [0.25, 0.3) is 0 Å². The fourth-order valence-corrected chi connectivity index (χ4v) is 8.61. The van der Waals surface area contributed by atoms with E-state index in [4.69, 9.17) is 14.2 Å². The molecule has 0 aliphatic carbocycles. The topological polar surface area (TPSA) is 78.9 Å². The third-order valence-electron chi connectivity index (χ3n) is 13.5. The third-order valence-corrected chi connectivity index (χ3v) is 13.5. The fourth-order valence-electron chi connectivity index (χ4n) is 8.61. The second-order valence-corrected chi connectivity index (χ2v) is 21.3. The van der Waals surface area contributed by atoms with Gasteiger partial charge < -0.3 is 14.2 Å². The highest BCUT2D eigenvalue weighted by Crippen LogP contribution is 2.15. The second-order valence-electron chi connectivity index (χ2n) is 21.3. The molecule has 0 aromatic carbocycles. The number of carbonyl (C=O) groups excluding carboxylic acids is 3. The van der Waals surface area contributed by atoms with Crippen LogP contribution in [-0.4, -0.2) is 37.2 Å². The van der Waals surface area contributed by atoms with Crippen molar-refractivity contribution in [2.24, 2.45) is 0 Å². The van der Waals surface area contributed by atoms with E-state index >= 15 is 0 Å². The maximum atomic E-state index is 12.9. The van der Waals surface area contributed by atoms with Crippen LogP contribution in [0, 0.1) is 0 Å². The van der Waals surface area contributed by atoms with E-state index in [0.29, 0.717) is 19.3 Å². The van der Waals surface area contributed by atoms with Gasteiger partial charge in [0, 0.05) is 19.3 Å². The van der Waals surface area contributed by atoms with Gasteiger partial charge >= 0.3 is 17.9 Å². The maximum Gasteiger partial charge on any atom is 0.306 e.